The molecule has 0 aliphatic carbocycles. The van der Waals surface area contributed by atoms with Gasteiger partial charge in [0.15, 0.2) is 0 Å². The number of nitrogens with zero attached hydrogens (tertiary/aromatic N) is 1. The second kappa shape index (κ2) is 13.7. The summed E-state index contributed by atoms with van der Waals surface area (Å²) in [5.74, 6) is 1.79. The summed E-state index contributed by atoms with van der Waals surface area (Å²) in [6.45, 7) is 5.46. The van der Waals surface area contributed by atoms with Gasteiger partial charge in [-0.1, -0.05) is 37.3 Å². The SMILES string of the molecule is CO[Si](CCCSCC(C)(CC(C)c1ccccc1)C(=O)OCC[N+](C)(C)C)(OC)OC. The summed E-state index contributed by atoms with van der Waals surface area (Å²) in [6.07, 6.45) is 1.66. The van der Waals surface area contributed by atoms with E-state index in [2.05, 4.69) is 52.3 Å². The Labute approximate surface area is 200 Å². The monoisotopic (exact) mass is 486 g/mol. The lowest BCUT2D eigenvalue weighted by molar-refractivity contribution is -0.870. The van der Waals surface area contributed by atoms with Gasteiger partial charge in [0.2, 0.25) is 0 Å². The van der Waals surface area contributed by atoms with E-state index in [0.717, 1.165) is 41.4 Å². The van der Waals surface area contributed by atoms with Crippen LogP contribution in [0.4, 0.5) is 0 Å². The summed E-state index contributed by atoms with van der Waals surface area (Å²) in [6, 6.07) is 11.1. The number of carbonyl (C=O) groups is 1. The summed E-state index contributed by atoms with van der Waals surface area (Å²) in [5, 5.41) is 0. The van der Waals surface area contributed by atoms with Crippen LogP contribution in [0, 0.1) is 5.41 Å². The van der Waals surface area contributed by atoms with Gasteiger partial charge in [0.25, 0.3) is 0 Å². The number of hydrogen-bond donors (Lipinski definition) is 0. The van der Waals surface area contributed by atoms with Gasteiger partial charge in [-0.25, -0.2) is 0 Å². The maximum Gasteiger partial charge on any atom is 0.500 e. The molecule has 0 heterocycles. The van der Waals surface area contributed by atoms with Gasteiger partial charge in [0, 0.05) is 33.1 Å². The Morgan fingerprint density at radius 2 is 1.69 bits per heavy atom. The van der Waals surface area contributed by atoms with Crippen molar-refractivity contribution in [3.05, 3.63) is 35.9 Å². The maximum atomic E-state index is 13.2. The van der Waals surface area contributed by atoms with Crippen LogP contribution in [0.5, 0.6) is 0 Å². The molecular weight excluding hydrogens is 442 g/mol. The number of thioether (sulfide) groups is 1. The molecule has 0 fully saturated rings. The number of esters is 1. The fraction of sp³-hybridized carbons (Fsp3) is 0.708. The minimum absolute atomic E-state index is 0.101. The van der Waals surface area contributed by atoms with Crippen LogP contribution in [-0.2, 0) is 22.8 Å². The van der Waals surface area contributed by atoms with E-state index in [1.54, 1.807) is 33.1 Å². The molecule has 0 saturated heterocycles. The van der Waals surface area contributed by atoms with Gasteiger partial charge < -0.3 is 22.5 Å². The van der Waals surface area contributed by atoms with Gasteiger partial charge in [-0.15, -0.1) is 0 Å². The van der Waals surface area contributed by atoms with Crippen molar-refractivity contribution in [1.29, 1.82) is 0 Å². The van der Waals surface area contributed by atoms with Crippen molar-refractivity contribution in [2.45, 2.75) is 38.7 Å². The van der Waals surface area contributed by atoms with E-state index in [9.17, 15) is 4.79 Å². The zero-order chi connectivity index (χ0) is 24.3. The van der Waals surface area contributed by atoms with Gasteiger partial charge in [-0.2, -0.15) is 11.8 Å². The molecule has 32 heavy (non-hydrogen) atoms. The number of quaternary nitrogens is 1. The van der Waals surface area contributed by atoms with Crippen LogP contribution in [0.3, 0.4) is 0 Å². The minimum atomic E-state index is -2.55. The van der Waals surface area contributed by atoms with Crippen molar-refractivity contribution >= 4 is 26.5 Å². The molecule has 184 valence electrons. The van der Waals surface area contributed by atoms with Crippen molar-refractivity contribution in [2.75, 3.05) is 67.1 Å². The van der Waals surface area contributed by atoms with E-state index in [0.29, 0.717) is 6.61 Å². The highest BCUT2D eigenvalue weighted by atomic mass is 32.2. The second-order valence-electron chi connectivity index (χ2n) is 9.68. The molecule has 0 N–H and O–H groups in total. The van der Waals surface area contributed by atoms with Crippen molar-refractivity contribution in [3.63, 3.8) is 0 Å². The Morgan fingerprint density at radius 3 is 2.22 bits per heavy atom. The summed E-state index contributed by atoms with van der Waals surface area (Å²) < 4.78 is 23.0. The molecule has 0 aliphatic rings. The van der Waals surface area contributed by atoms with E-state index >= 15 is 0 Å². The van der Waals surface area contributed by atoms with Crippen molar-refractivity contribution in [2.24, 2.45) is 5.41 Å². The molecule has 1 aromatic carbocycles. The van der Waals surface area contributed by atoms with E-state index in [1.165, 1.54) is 5.56 Å². The lowest BCUT2D eigenvalue weighted by atomic mass is 9.80. The van der Waals surface area contributed by atoms with Gasteiger partial charge >= 0.3 is 14.8 Å². The third-order valence-electron chi connectivity index (χ3n) is 5.74. The predicted octanol–water partition coefficient (Wildman–Crippen LogP) is 4.44. The first-order chi connectivity index (χ1) is 15.0. The molecule has 8 heteroatoms. The smallest absolute Gasteiger partial charge is 0.459 e. The van der Waals surface area contributed by atoms with Crippen molar-refractivity contribution < 1.29 is 27.3 Å². The summed E-state index contributed by atoms with van der Waals surface area (Å²) in [7, 11) is 8.67. The first kappa shape index (κ1) is 29.1. The quantitative estimate of drug-likeness (QED) is 0.149. The first-order valence-corrected chi connectivity index (χ1v) is 14.4. The Kier molecular flexibility index (Phi) is 12.5. The van der Waals surface area contributed by atoms with Gasteiger partial charge in [-0.3, -0.25) is 4.79 Å². The second-order valence-corrected chi connectivity index (χ2v) is 13.9. The number of ether oxygens (including phenoxy) is 1. The van der Waals surface area contributed by atoms with Crippen LogP contribution in [0.2, 0.25) is 6.04 Å². The average Bonchev–Trinajstić information content (AvgIpc) is 2.76. The van der Waals surface area contributed by atoms with Gasteiger partial charge in [0.05, 0.1) is 26.6 Å². The van der Waals surface area contributed by atoms with Crippen molar-refractivity contribution in [1.82, 2.24) is 0 Å². The van der Waals surface area contributed by atoms with Crippen LogP contribution >= 0.6 is 11.8 Å². The lowest BCUT2D eigenvalue weighted by Gasteiger charge is -2.31. The largest absolute Gasteiger partial charge is 0.500 e. The zero-order valence-electron chi connectivity index (χ0n) is 21.3. The minimum Gasteiger partial charge on any atom is -0.459 e. The topological polar surface area (TPSA) is 54.0 Å². The number of hydrogen-bond acceptors (Lipinski definition) is 6. The molecule has 0 spiro atoms. The Balaban J connectivity index is 2.75. The Hall–Kier alpha value is -0.903. The van der Waals surface area contributed by atoms with Gasteiger partial charge in [-0.05, 0) is 37.0 Å². The molecule has 0 amide bonds. The number of benzene rings is 1. The standard InChI is InChI=1S/C24H44NO5SSi/c1-21(22-13-10-9-11-14-22)19-24(2,23(26)30-16-15-25(3,4)5)20-31-17-12-18-32(27-6,28-7)29-8/h9-11,13-14,21H,12,15-20H2,1-8H3/q+1. The van der Waals surface area contributed by atoms with E-state index in [-0.39, 0.29) is 11.9 Å². The fourth-order valence-corrected chi connectivity index (χ4v) is 6.76. The molecule has 6 nitrogen and oxygen atoms in total. The number of likely N-dealkylation sites (N-methyl/N-ethyl adjacent to an activating group) is 1. The molecule has 2 unspecified atom stereocenters. The average molecular weight is 487 g/mol. The third-order valence-corrected chi connectivity index (χ3v) is 9.99. The van der Waals surface area contributed by atoms with Crippen LogP contribution in [0.25, 0.3) is 0 Å². The first-order valence-electron chi connectivity index (χ1n) is 11.3. The summed E-state index contributed by atoms with van der Waals surface area (Å²) >= 11 is 1.79. The van der Waals surface area contributed by atoms with Crippen LogP contribution < -0.4 is 0 Å². The lowest BCUT2D eigenvalue weighted by Crippen LogP contribution is -2.42. The number of rotatable bonds is 16. The third kappa shape index (κ3) is 9.93. The number of carbonyl (C=O) groups excluding carboxylic acids is 1. The summed E-state index contributed by atoms with van der Waals surface area (Å²) in [4.78, 5) is 13.2. The summed E-state index contributed by atoms with van der Waals surface area (Å²) in [5.41, 5.74) is 0.697. The molecule has 0 bridgehead atoms. The molecule has 1 aromatic rings. The fourth-order valence-electron chi connectivity index (χ4n) is 3.61. The Morgan fingerprint density at radius 1 is 1.09 bits per heavy atom. The molecule has 0 aromatic heterocycles. The molecule has 1 rings (SSSR count). The van der Waals surface area contributed by atoms with E-state index in [4.69, 9.17) is 18.0 Å². The normalized spacial score (nSPS) is 15.2. The zero-order valence-corrected chi connectivity index (χ0v) is 23.1. The molecule has 0 radical (unpaired) electrons. The van der Waals surface area contributed by atoms with E-state index < -0.39 is 14.2 Å². The highest BCUT2D eigenvalue weighted by molar-refractivity contribution is 7.99. The maximum absolute atomic E-state index is 13.2. The predicted molar refractivity (Wildman–Crippen MR) is 135 cm³/mol. The molecule has 0 aliphatic heterocycles. The molecule has 0 saturated carbocycles. The van der Waals surface area contributed by atoms with Crippen molar-refractivity contribution in [3.8, 4) is 0 Å². The molecule has 2 atom stereocenters. The van der Waals surface area contributed by atoms with Crippen LogP contribution in [-0.4, -0.2) is 86.4 Å². The van der Waals surface area contributed by atoms with Gasteiger partial charge in [0.1, 0.15) is 13.2 Å². The van der Waals surface area contributed by atoms with Crippen LogP contribution in [0.1, 0.15) is 38.2 Å². The van der Waals surface area contributed by atoms with E-state index in [1.807, 2.05) is 13.0 Å². The molecular formula is C24H44NO5SSi+. The highest BCUT2D eigenvalue weighted by Gasteiger charge is 2.38. The van der Waals surface area contributed by atoms with Crippen LogP contribution in [0.15, 0.2) is 30.3 Å². The Bertz CT molecular complexity index is 658. The highest BCUT2D eigenvalue weighted by Crippen LogP contribution is 2.36.